The van der Waals surface area contributed by atoms with E-state index in [0.717, 1.165) is 47.9 Å². The Morgan fingerprint density at radius 3 is 2.59 bits per heavy atom. The summed E-state index contributed by atoms with van der Waals surface area (Å²) < 4.78 is 1.53. The molecule has 1 aliphatic carbocycles. The van der Waals surface area contributed by atoms with Crippen LogP contribution in [0.25, 0.3) is 11.4 Å². The Kier molecular flexibility index (Phi) is 5.06. The summed E-state index contributed by atoms with van der Waals surface area (Å²) >= 11 is 3.22. The largest absolute Gasteiger partial charge is 0.314 e. The molecule has 1 aliphatic rings. The molecule has 140 valence electrons. The van der Waals surface area contributed by atoms with Crippen molar-refractivity contribution in [3.63, 3.8) is 0 Å². The van der Waals surface area contributed by atoms with Gasteiger partial charge in [-0.1, -0.05) is 42.8 Å². The van der Waals surface area contributed by atoms with Crippen molar-refractivity contribution in [1.29, 1.82) is 0 Å². The Morgan fingerprint density at radius 2 is 1.93 bits per heavy atom. The lowest BCUT2D eigenvalue weighted by Crippen LogP contribution is -2.43. The van der Waals surface area contributed by atoms with Gasteiger partial charge < -0.3 is 9.47 Å². The van der Waals surface area contributed by atoms with Crippen molar-refractivity contribution >= 4 is 34.7 Å². The van der Waals surface area contributed by atoms with E-state index >= 15 is 0 Å². The SMILES string of the molecule is CN(C(=O)C1(Sc2nnc(-c3ccsc3)n2C)CCCC1)c1ccccc1. The smallest absolute Gasteiger partial charge is 0.243 e. The second-order valence-electron chi connectivity index (χ2n) is 6.88. The van der Waals surface area contributed by atoms with Crippen LogP contribution in [0.5, 0.6) is 0 Å². The van der Waals surface area contributed by atoms with E-state index in [1.54, 1.807) is 28.0 Å². The molecule has 4 rings (SSSR count). The van der Waals surface area contributed by atoms with Gasteiger partial charge in [0.1, 0.15) is 4.75 Å². The highest BCUT2D eigenvalue weighted by molar-refractivity contribution is 8.01. The topological polar surface area (TPSA) is 51.0 Å². The summed E-state index contributed by atoms with van der Waals surface area (Å²) in [7, 11) is 3.84. The summed E-state index contributed by atoms with van der Waals surface area (Å²) in [5.41, 5.74) is 1.99. The van der Waals surface area contributed by atoms with Gasteiger partial charge in [-0.25, -0.2) is 0 Å². The summed E-state index contributed by atoms with van der Waals surface area (Å²) in [4.78, 5) is 15.3. The third-order valence-electron chi connectivity index (χ3n) is 5.15. The lowest BCUT2D eigenvalue weighted by atomic mass is 10.1. The minimum Gasteiger partial charge on any atom is -0.314 e. The molecular weight excluding hydrogens is 376 g/mol. The van der Waals surface area contributed by atoms with Gasteiger partial charge in [-0.05, 0) is 36.4 Å². The van der Waals surface area contributed by atoms with Crippen LogP contribution >= 0.6 is 23.1 Å². The molecule has 1 aromatic carbocycles. The lowest BCUT2D eigenvalue weighted by molar-refractivity contribution is -0.120. The Hall–Kier alpha value is -2.12. The normalized spacial score (nSPS) is 15.8. The molecule has 5 nitrogen and oxygen atoms in total. The third kappa shape index (κ3) is 3.41. The highest BCUT2D eigenvalue weighted by Crippen LogP contribution is 2.46. The van der Waals surface area contributed by atoms with Gasteiger partial charge in [0.25, 0.3) is 0 Å². The quantitative estimate of drug-likeness (QED) is 0.630. The van der Waals surface area contributed by atoms with Crippen LogP contribution in [0.15, 0.2) is 52.3 Å². The number of hydrogen-bond acceptors (Lipinski definition) is 5. The molecule has 0 bridgehead atoms. The Labute approximate surface area is 167 Å². The van der Waals surface area contributed by atoms with E-state index < -0.39 is 4.75 Å². The van der Waals surface area contributed by atoms with Crippen LogP contribution in [0.2, 0.25) is 0 Å². The molecule has 0 aliphatic heterocycles. The second-order valence-corrected chi connectivity index (χ2v) is 9.01. The number of rotatable bonds is 5. The second kappa shape index (κ2) is 7.48. The average Bonchev–Trinajstić information content (AvgIpc) is 3.45. The van der Waals surface area contributed by atoms with Gasteiger partial charge in [-0.2, -0.15) is 11.3 Å². The average molecular weight is 399 g/mol. The maximum Gasteiger partial charge on any atom is 0.243 e. The first-order valence-corrected chi connectivity index (χ1v) is 10.8. The number of para-hydroxylation sites is 1. The van der Waals surface area contributed by atoms with Crippen molar-refractivity contribution in [3.05, 3.63) is 47.2 Å². The van der Waals surface area contributed by atoms with Gasteiger partial charge in [-0.15, -0.1) is 10.2 Å². The van der Waals surface area contributed by atoms with E-state index in [1.165, 1.54) is 0 Å². The van der Waals surface area contributed by atoms with Crippen LogP contribution in [0, 0.1) is 0 Å². The minimum atomic E-state index is -0.475. The van der Waals surface area contributed by atoms with Crippen LogP contribution in [0.3, 0.4) is 0 Å². The predicted molar refractivity (Wildman–Crippen MR) is 111 cm³/mol. The van der Waals surface area contributed by atoms with Gasteiger partial charge in [-0.3, -0.25) is 4.79 Å². The van der Waals surface area contributed by atoms with Crippen LogP contribution in [-0.4, -0.2) is 32.5 Å². The number of amides is 1. The van der Waals surface area contributed by atoms with Gasteiger partial charge >= 0.3 is 0 Å². The van der Waals surface area contributed by atoms with Gasteiger partial charge in [0.05, 0.1) is 0 Å². The standard InChI is InChI=1S/C20H22N4OS2/c1-23(16-8-4-3-5-9-16)18(25)20(11-6-7-12-20)27-19-22-21-17(24(19)2)15-10-13-26-14-15/h3-5,8-10,13-14H,6-7,11-12H2,1-2H3. The number of carbonyl (C=O) groups is 1. The van der Waals surface area contributed by atoms with E-state index in [4.69, 9.17) is 0 Å². The van der Waals surface area contributed by atoms with Crippen molar-refractivity contribution in [2.45, 2.75) is 35.6 Å². The number of thiophene rings is 1. The zero-order chi connectivity index (χ0) is 18.9. The molecular formula is C20H22N4OS2. The van der Waals surface area contributed by atoms with Crippen LogP contribution in [-0.2, 0) is 11.8 Å². The Balaban J connectivity index is 1.62. The number of carbonyl (C=O) groups excluding carboxylic acids is 1. The highest BCUT2D eigenvalue weighted by atomic mass is 32.2. The molecule has 0 N–H and O–H groups in total. The van der Waals surface area contributed by atoms with Crippen LogP contribution in [0.1, 0.15) is 25.7 Å². The summed E-state index contributed by atoms with van der Waals surface area (Å²) in [6.07, 6.45) is 3.87. The molecule has 0 saturated heterocycles. The fourth-order valence-corrected chi connectivity index (χ4v) is 5.61. The summed E-state index contributed by atoms with van der Waals surface area (Å²) in [5, 5.41) is 13.7. The monoisotopic (exact) mass is 398 g/mol. The molecule has 0 spiro atoms. The Bertz CT molecular complexity index is 915. The van der Waals surface area contributed by atoms with Gasteiger partial charge in [0.2, 0.25) is 5.91 Å². The predicted octanol–water partition coefficient (Wildman–Crippen LogP) is 4.61. The highest BCUT2D eigenvalue weighted by Gasteiger charge is 2.45. The van der Waals surface area contributed by atoms with E-state index in [1.807, 2.05) is 60.4 Å². The van der Waals surface area contributed by atoms with Gasteiger partial charge in [0, 0.05) is 30.7 Å². The molecule has 3 aromatic rings. The third-order valence-corrected chi connectivity index (χ3v) is 7.34. The van der Waals surface area contributed by atoms with Crippen LogP contribution in [0.4, 0.5) is 5.69 Å². The Morgan fingerprint density at radius 1 is 1.19 bits per heavy atom. The molecule has 1 saturated carbocycles. The number of thioether (sulfide) groups is 1. The lowest BCUT2D eigenvalue weighted by Gasteiger charge is -2.31. The van der Waals surface area contributed by atoms with Crippen LogP contribution < -0.4 is 4.90 Å². The maximum atomic E-state index is 13.5. The number of benzene rings is 1. The molecule has 1 fully saturated rings. The first kappa shape index (κ1) is 18.3. The van der Waals surface area contributed by atoms with Gasteiger partial charge in [0.15, 0.2) is 11.0 Å². The van der Waals surface area contributed by atoms with Crippen molar-refractivity contribution in [2.75, 3.05) is 11.9 Å². The molecule has 2 aromatic heterocycles. The molecule has 1 amide bonds. The van der Waals surface area contributed by atoms with Crippen molar-refractivity contribution < 1.29 is 4.79 Å². The summed E-state index contributed by atoms with van der Waals surface area (Å²) in [5.74, 6) is 0.993. The van der Waals surface area contributed by atoms with E-state index in [9.17, 15) is 4.79 Å². The number of hydrogen-bond donors (Lipinski definition) is 0. The molecule has 2 heterocycles. The van der Waals surface area contributed by atoms with E-state index in [-0.39, 0.29) is 5.91 Å². The van der Waals surface area contributed by atoms with E-state index in [2.05, 4.69) is 15.6 Å². The molecule has 7 heteroatoms. The summed E-state index contributed by atoms with van der Waals surface area (Å²) in [6.45, 7) is 0. The number of aromatic nitrogens is 3. The molecule has 0 radical (unpaired) electrons. The van der Waals surface area contributed by atoms with E-state index in [0.29, 0.717) is 0 Å². The fraction of sp³-hybridized carbons (Fsp3) is 0.350. The molecule has 0 atom stereocenters. The fourth-order valence-electron chi connectivity index (χ4n) is 3.60. The number of anilines is 1. The molecule has 0 unspecified atom stereocenters. The summed E-state index contributed by atoms with van der Waals surface area (Å²) in [6, 6.07) is 11.9. The maximum absolute atomic E-state index is 13.5. The van der Waals surface area contributed by atoms with Crippen molar-refractivity contribution in [1.82, 2.24) is 14.8 Å². The molecule has 27 heavy (non-hydrogen) atoms. The number of nitrogens with zero attached hydrogens (tertiary/aromatic N) is 4. The zero-order valence-electron chi connectivity index (χ0n) is 15.5. The minimum absolute atomic E-state index is 0.149. The van der Waals surface area contributed by atoms with Crippen molar-refractivity contribution in [3.8, 4) is 11.4 Å². The first-order chi connectivity index (χ1) is 13.1. The first-order valence-electron chi connectivity index (χ1n) is 9.05. The zero-order valence-corrected chi connectivity index (χ0v) is 17.1. The van der Waals surface area contributed by atoms with Crippen molar-refractivity contribution in [2.24, 2.45) is 7.05 Å².